The number of nitrogens with zero attached hydrogens (tertiary/aromatic N) is 2. The first-order valence-electron chi connectivity index (χ1n) is 4.45. The Morgan fingerprint density at radius 2 is 2.46 bits per heavy atom. The number of nitrogens with one attached hydrogen (secondary N) is 1. The molecule has 0 aliphatic heterocycles. The van der Waals surface area contributed by atoms with Crippen LogP contribution in [0.25, 0.3) is 0 Å². The van der Waals surface area contributed by atoms with E-state index in [0.717, 1.165) is 18.0 Å². The second-order valence-electron chi connectivity index (χ2n) is 3.09. The molecule has 68 valence electrons. The van der Waals surface area contributed by atoms with Crippen LogP contribution in [0.1, 0.15) is 22.0 Å². The van der Waals surface area contributed by atoms with Crippen molar-refractivity contribution in [2.75, 3.05) is 6.54 Å². The Labute approximate surface area is 81.4 Å². The molecule has 1 heterocycles. The van der Waals surface area contributed by atoms with E-state index in [1.807, 2.05) is 0 Å². The summed E-state index contributed by atoms with van der Waals surface area (Å²) < 4.78 is 0. The van der Waals surface area contributed by atoms with Crippen LogP contribution in [0.3, 0.4) is 0 Å². The summed E-state index contributed by atoms with van der Waals surface area (Å²) in [6.45, 7) is 1.15. The van der Waals surface area contributed by atoms with Crippen LogP contribution in [0, 0.1) is 11.3 Å². The van der Waals surface area contributed by atoms with Gasteiger partial charge >= 0.3 is 0 Å². The molecule has 1 aliphatic carbocycles. The number of rotatable bonds is 3. The lowest BCUT2D eigenvalue weighted by atomic mass is 10.4. The van der Waals surface area contributed by atoms with Crippen molar-refractivity contribution in [3.63, 3.8) is 0 Å². The molecular weight excluding hydrogens is 182 g/mol. The topological polar surface area (TPSA) is 48.7 Å². The monoisotopic (exact) mass is 193 g/mol. The lowest BCUT2D eigenvalue weighted by Gasteiger charge is -1.94. The van der Waals surface area contributed by atoms with Gasteiger partial charge in [-0.3, -0.25) is 5.32 Å². The van der Waals surface area contributed by atoms with Crippen LogP contribution in [0.15, 0.2) is 0 Å². The third-order valence-corrected chi connectivity index (χ3v) is 3.28. The second kappa shape index (κ2) is 3.86. The van der Waals surface area contributed by atoms with Crippen molar-refractivity contribution >= 4 is 11.3 Å². The average molecular weight is 193 g/mol. The molecule has 0 unspecified atom stereocenters. The molecule has 0 amide bonds. The lowest BCUT2D eigenvalue weighted by Crippen LogP contribution is -2.12. The number of fused-ring (bicyclic) bond motifs is 1. The molecule has 2 rings (SSSR count). The van der Waals surface area contributed by atoms with Crippen molar-refractivity contribution < 1.29 is 0 Å². The molecule has 0 saturated carbocycles. The quantitative estimate of drug-likeness (QED) is 0.580. The summed E-state index contributed by atoms with van der Waals surface area (Å²) in [5.74, 6) is 0. The third kappa shape index (κ3) is 1.87. The summed E-state index contributed by atoms with van der Waals surface area (Å²) in [7, 11) is 0. The highest BCUT2D eigenvalue weighted by atomic mass is 32.1. The summed E-state index contributed by atoms with van der Waals surface area (Å²) in [4.78, 5) is 5.96. The molecule has 4 heteroatoms. The summed E-state index contributed by atoms with van der Waals surface area (Å²) in [5, 5.41) is 12.5. The number of aryl methyl sites for hydroxylation is 2. The van der Waals surface area contributed by atoms with Gasteiger partial charge < -0.3 is 0 Å². The van der Waals surface area contributed by atoms with Crippen LogP contribution in [-0.2, 0) is 19.4 Å². The molecular formula is C9H11N3S. The number of hydrogen-bond acceptors (Lipinski definition) is 4. The van der Waals surface area contributed by atoms with Gasteiger partial charge in [0.1, 0.15) is 5.01 Å². The van der Waals surface area contributed by atoms with Gasteiger partial charge in [0.2, 0.25) is 0 Å². The minimum Gasteiger partial charge on any atom is -0.298 e. The Hall–Kier alpha value is -0.920. The predicted octanol–water partition coefficient (Wildman–Crippen LogP) is 1.24. The number of nitriles is 1. The van der Waals surface area contributed by atoms with E-state index in [9.17, 15) is 0 Å². The highest BCUT2D eigenvalue weighted by molar-refractivity contribution is 7.11. The van der Waals surface area contributed by atoms with E-state index in [-0.39, 0.29) is 0 Å². The Morgan fingerprint density at radius 3 is 3.23 bits per heavy atom. The van der Waals surface area contributed by atoms with Crippen molar-refractivity contribution in [2.24, 2.45) is 0 Å². The molecule has 0 aromatic carbocycles. The van der Waals surface area contributed by atoms with Crippen molar-refractivity contribution in [3.05, 3.63) is 15.6 Å². The van der Waals surface area contributed by atoms with E-state index in [4.69, 9.17) is 5.26 Å². The molecule has 0 radical (unpaired) electrons. The van der Waals surface area contributed by atoms with Crippen molar-refractivity contribution in [1.82, 2.24) is 10.3 Å². The fourth-order valence-electron chi connectivity index (χ4n) is 1.54. The number of hydrogen-bond donors (Lipinski definition) is 1. The van der Waals surface area contributed by atoms with Crippen LogP contribution >= 0.6 is 11.3 Å². The molecule has 0 spiro atoms. The molecule has 1 aromatic heterocycles. The highest BCUT2D eigenvalue weighted by Gasteiger charge is 2.15. The molecule has 1 aliphatic rings. The van der Waals surface area contributed by atoms with Crippen molar-refractivity contribution in [2.45, 2.75) is 25.8 Å². The summed E-state index contributed by atoms with van der Waals surface area (Å²) >= 11 is 1.79. The Bertz CT molecular complexity index is 316. The maximum absolute atomic E-state index is 8.33. The molecule has 0 saturated heterocycles. The third-order valence-electron chi connectivity index (χ3n) is 2.12. The van der Waals surface area contributed by atoms with Gasteiger partial charge in [-0.2, -0.15) is 5.26 Å². The van der Waals surface area contributed by atoms with Crippen LogP contribution in [0.2, 0.25) is 0 Å². The van der Waals surface area contributed by atoms with Crippen molar-refractivity contribution in [1.29, 1.82) is 5.26 Å². The first kappa shape index (κ1) is 8.67. The lowest BCUT2D eigenvalue weighted by molar-refractivity contribution is 0.754. The minimum absolute atomic E-state index is 0.407. The van der Waals surface area contributed by atoms with Gasteiger partial charge in [-0.1, -0.05) is 0 Å². The van der Waals surface area contributed by atoms with Gasteiger partial charge in [0, 0.05) is 11.4 Å². The zero-order chi connectivity index (χ0) is 9.10. The van der Waals surface area contributed by atoms with Gasteiger partial charge in [0.25, 0.3) is 0 Å². The first-order chi connectivity index (χ1) is 6.40. The first-order valence-corrected chi connectivity index (χ1v) is 5.27. The molecule has 0 atom stereocenters. The van der Waals surface area contributed by atoms with Gasteiger partial charge in [0.05, 0.1) is 18.3 Å². The van der Waals surface area contributed by atoms with Crippen LogP contribution in [-0.4, -0.2) is 11.5 Å². The van der Waals surface area contributed by atoms with Gasteiger partial charge in [0.15, 0.2) is 0 Å². The zero-order valence-electron chi connectivity index (χ0n) is 7.34. The normalized spacial score (nSPS) is 14.1. The largest absolute Gasteiger partial charge is 0.298 e. The van der Waals surface area contributed by atoms with E-state index < -0.39 is 0 Å². The Balaban J connectivity index is 1.95. The standard InChI is InChI=1S/C9H11N3S/c10-4-5-11-6-9-12-7-2-1-3-8(7)13-9/h11H,1-3,5-6H2. The number of thiazole rings is 1. The zero-order valence-corrected chi connectivity index (χ0v) is 8.15. The highest BCUT2D eigenvalue weighted by Crippen LogP contribution is 2.27. The molecule has 0 bridgehead atoms. The Morgan fingerprint density at radius 1 is 1.54 bits per heavy atom. The molecule has 13 heavy (non-hydrogen) atoms. The minimum atomic E-state index is 0.407. The van der Waals surface area contributed by atoms with Crippen LogP contribution < -0.4 is 5.32 Å². The number of aromatic nitrogens is 1. The van der Waals surface area contributed by atoms with E-state index in [0.29, 0.717) is 6.54 Å². The second-order valence-corrected chi connectivity index (χ2v) is 4.26. The smallest absolute Gasteiger partial charge is 0.107 e. The fraction of sp³-hybridized carbons (Fsp3) is 0.556. The summed E-state index contributed by atoms with van der Waals surface area (Å²) in [6.07, 6.45) is 3.61. The molecule has 1 N–H and O–H groups in total. The van der Waals surface area contributed by atoms with Gasteiger partial charge in [-0.25, -0.2) is 4.98 Å². The van der Waals surface area contributed by atoms with Gasteiger partial charge in [-0.15, -0.1) is 11.3 Å². The molecule has 0 fully saturated rings. The van der Waals surface area contributed by atoms with E-state index in [1.165, 1.54) is 23.4 Å². The van der Waals surface area contributed by atoms with E-state index in [1.54, 1.807) is 11.3 Å². The predicted molar refractivity (Wildman–Crippen MR) is 51.5 cm³/mol. The van der Waals surface area contributed by atoms with Crippen LogP contribution in [0.4, 0.5) is 0 Å². The molecule has 3 nitrogen and oxygen atoms in total. The van der Waals surface area contributed by atoms with E-state index in [2.05, 4.69) is 16.4 Å². The van der Waals surface area contributed by atoms with Crippen LogP contribution in [0.5, 0.6) is 0 Å². The van der Waals surface area contributed by atoms with Gasteiger partial charge in [-0.05, 0) is 19.3 Å². The maximum atomic E-state index is 8.33. The fourth-order valence-corrected chi connectivity index (χ4v) is 2.67. The summed E-state index contributed by atoms with van der Waals surface area (Å²) in [6, 6.07) is 2.05. The van der Waals surface area contributed by atoms with Crippen molar-refractivity contribution in [3.8, 4) is 6.07 Å². The molecule has 1 aromatic rings. The van der Waals surface area contributed by atoms with E-state index >= 15 is 0 Å². The maximum Gasteiger partial charge on any atom is 0.107 e. The average Bonchev–Trinajstić information content (AvgIpc) is 2.64. The summed E-state index contributed by atoms with van der Waals surface area (Å²) in [5.41, 5.74) is 1.29. The Kier molecular flexibility index (Phi) is 2.57. The SMILES string of the molecule is N#CCNCc1nc2c(s1)CCC2.